The first kappa shape index (κ1) is 18.5. The second kappa shape index (κ2) is 11.3. The standard InChI is InChI=1S/C17H29N.BrH/c1-4-5-6-7-8-9-10-13-16-14-11-12-15-17(16)18(2)3;/h11-12,14-15H,4-10,13H2,1-3H3;1H. The summed E-state index contributed by atoms with van der Waals surface area (Å²) >= 11 is 0. The van der Waals surface area contributed by atoms with E-state index in [0.29, 0.717) is 0 Å². The molecule has 2 heteroatoms. The van der Waals surface area contributed by atoms with E-state index in [-0.39, 0.29) is 17.0 Å². The van der Waals surface area contributed by atoms with Crippen LogP contribution < -0.4 is 4.90 Å². The summed E-state index contributed by atoms with van der Waals surface area (Å²) in [6.07, 6.45) is 10.9. The summed E-state index contributed by atoms with van der Waals surface area (Å²) < 4.78 is 0. The molecule has 0 fully saturated rings. The summed E-state index contributed by atoms with van der Waals surface area (Å²) in [5, 5.41) is 0. The average Bonchev–Trinajstić information content (AvgIpc) is 2.38. The molecular formula is C17H30BrN. The quantitative estimate of drug-likeness (QED) is 0.532. The molecular weight excluding hydrogens is 298 g/mol. The van der Waals surface area contributed by atoms with Crippen LogP contribution in [0.1, 0.15) is 57.4 Å². The maximum Gasteiger partial charge on any atom is 0.0393 e. The van der Waals surface area contributed by atoms with Crippen molar-refractivity contribution in [2.24, 2.45) is 0 Å². The zero-order valence-corrected chi connectivity index (χ0v) is 14.5. The predicted octanol–water partition coefficient (Wildman–Crippen LogP) is 5.62. The third-order valence-electron chi connectivity index (χ3n) is 3.52. The zero-order valence-electron chi connectivity index (χ0n) is 12.8. The van der Waals surface area contributed by atoms with Crippen LogP contribution in [0.25, 0.3) is 0 Å². The summed E-state index contributed by atoms with van der Waals surface area (Å²) in [6.45, 7) is 2.28. The number of unbranched alkanes of at least 4 members (excludes halogenated alkanes) is 6. The number of aryl methyl sites for hydroxylation is 1. The van der Waals surface area contributed by atoms with E-state index in [0.717, 1.165) is 0 Å². The van der Waals surface area contributed by atoms with Gasteiger partial charge >= 0.3 is 0 Å². The van der Waals surface area contributed by atoms with E-state index in [9.17, 15) is 0 Å². The molecule has 0 aromatic heterocycles. The number of nitrogens with zero attached hydrogens (tertiary/aromatic N) is 1. The summed E-state index contributed by atoms with van der Waals surface area (Å²) in [6, 6.07) is 8.77. The Morgan fingerprint density at radius 3 is 2.05 bits per heavy atom. The van der Waals surface area contributed by atoms with Crippen molar-refractivity contribution in [1.82, 2.24) is 0 Å². The van der Waals surface area contributed by atoms with Crippen molar-refractivity contribution in [1.29, 1.82) is 0 Å². The Hall–Kier alpha value is -0.500. The van der Waals surface area contributed by atoms with Crippen LogP contribution in [0.4, 0.5) is 5.69 Å². The summed E-state index contributed by atoms with van der Waals surface area (Å²) in [7, 11) is 4.26. The molecule has 0 N–H and O–H groups in total. The molecule has 19 heavy (non-hydrogen) atoms. The molecule has 1 aromatic rings. The Morgan fingerprint density at radius 1 is 0.842 bits per heavy atom. The van der Waals surface area contributed by atoms with Gasteiger partial charge in [-0.1, -0.05) is 63.6 Å². The van der Waals surface area contributed by atoms with E-state index < -0.39 is 0 Å². The van der Waals surface area contributed by atoms with E-state index in [2.05, 4.69) is 50.2 Å². The number of rotatable bonds is 9. The first-order chi connectivity index (χ1) is 8.75. The van der Waals surface area contributed by atoms with Crippen molar-refractivity contribution in [2.45, 2.75) is 58.3 Å². The molecule has 0 heterocycles. The first-order valence-electron chi connectivity index (χ1n) is 7.51. The summed E-state index contributed by atoms with van der Waals surface area (Å²) in [5.41, 5.74) is 2.87. The molecule has 0 spiro atoms. The van der Waals surface area contributed by atoms with Gasteiger partial charge in [-0.3, -0.25) is 0 Å². The van der Waals surface area contributed by atoms with Gasteiger partial charge in [-0.25, -0.2) is 0 Å². The molecule has 0 amide bonds. The minimum atomic E-state index is 0. The lowest BCUT2D eigenvalue weighted by Crippen LogP contribution is -2.11. The molecule has 0 aliphatic heterocycles. The Balaban J connectivity index is 0.00000324. The Kier molecular flexibility index (Phi) is 11.0. The highest BCUT2D eigenvalue weighted by Crippen LogP contribution is 2.20. The van der Waals surface area contributed by atoms with Gasteiger partial charge in [0.1, 0.15) is 0 Å². The number of para-hydroxylation sites is 1. The fraction of sp³-hybridized carbons (Fsp3) is 0.647. The highest BCUT2D eigenvalue weighted by Gasteiger charge is 2.02. The van der Waals surface area contributed by atoms with Crippen molar-refractivity contribution >= 4 is 22.7 Å². The molecule has 0 unspecified atom stereocenters. The topological polar surface area (TPSA) is 3.24 Å². The molecule has 0 radical (unpaired) electrons. The fourth-order valence-corrected chi connectivity index (χ4v) is 2.43. The van der Waals surface area contributed by atoms with Crippen molar-refractivity contribution < 1.29 is 0 Å². The van der Waals surface area contributed by atoms with Crippen molar-refractivity contribution in [3.63, 3.8) is 0 Å². The largest absolute Gasteiger partial charge is 0.377 e. The van der Waals surface area contributed by atoms with E-state index in [1.54, 1.807) is 0 Å². The van der Waals surface area contributed by atoms with Gasteiger partial charge in [0.15, 0.2) is 0 Å². The van der Waals surface area contributed by atoms with Gasteiger partial charge in [-0.15, -0.1) is 17.0 Å². The van der Waals surface area contributed by atoms with Gasteiger partial charge in [-0.2, -0.15) is 0 Å². The minimum Gasteiger partial charge on any atom is -0.377 e. The molecule has 1 rings (SSSR count). The third-order valence-corrected chi connectivity index (χ3v) is 3.52. The molecule has 0 atom stereocenters. The van der Waals surface area contributed by atoms with Crippen LogP contribution in [0, 0.1) is 0 Å². The van der Waals surface area contributed by atoms with Crippen LogP contribution in [0.2, 0.25) is 0 Å². The lowest BCUT2D eigenvalue weighted by Gasteiger charge is -2.17. The van der Waals surface area contributed by atoms with Crippen LogP contribution >= 0.6 is 17.0 Å². The molecule has 1 aromatic carbocycles. The van der Waals surface area contributed by atoms with Crippen molar-refractivity contribution in [3.8, 4) is 0 Å². The number of anilines is 1. The number of halogens is 1. The third kappa shape index (κ3) is 7.61. The highest BCUT2D eigenvalue weighted by molar-refractivity contribution is 8.93. The first-order valence-corrected chi connectivity index (χ1v) is 7.51. The van der Waals surface area contributed by atoms with E-state index in [4.69, 9.17) is 0 Å². The lowest BCUT2D eigenvalue weighted by atomic mass is 10.0. The zero-order chi connectivity index (χ0) is 13.2. The number of benzene rings is 1. The van der Waals surface area contributed by atoms with Crippen LogP contribution in [0.3, 0.4) is 0 Å². The molecule has 0 saturated heterocycles. The second-order valence-electron chi connectivity index (χ2n) is 5.39. The molecule has 0 aliphatic rings. The number of hydrogen-bond acceptors (Lipinski definition) is 1. The van der Waals surface area contributed by atoms with Crippen molar-refractivity contribution in [2.75, 3.05) is 19.0 Å². The van der Waals surface area contributed by atoms with Gasteiger partial charge in [0.25, 0.3) is 0 Å². The molecule has 110 valence electrons. The molecule has 1 nitrogen and oxygen atoms in total. The van der Waals surface area contributed by atoms with Crippen LogP contribution in [0.15, 0.2) is 24.3 Å². The lowest BCUT2D eigenvalue weighted by molar-refractivity contribution is 0.589. The highest BCUT2D eigenvalue weighted by atomic mass is 79.9. The molecule has 0 saturated carbocycles. The van der Waals surface area contributed by atoms with Gasteiger partial charge in [-0.05, 0) is 24.5 Å². The fourth-order valence-electron chi connectivity index (χ4n) is 2.43. The van der Waals surface area contributed by atoms with Gasteiger partial charge in [0.05, 0.1) is 0 Å². The maximum atomic E-state index is 2.28. The molecule has 0 bridgehead atoms. The van der Waals surface area contributed by atoms with Gasteiger partial charge < -0.3 is 4.90 Å². The number of hydrogen-bond donors (Lipinski definition) is 0. The smallest absolute Gasteiger partial charge is 0.0393 e. The Bertz CT molecular complexity index is 323. The Labute approximate surface area is 130 Å². The minimum absolute atomic E-state index is 0. The van der Waals surface area contributed by atoms with Crippen molar-refractivity contribution in [3.05, 3.63) is 29.8 Å². The van der Waals surface area contributed by atoms with E-state index in [1.807, 2.05) is 0 Å². The van der Waals surface area contributed by atoms with Gasteiger partial charge in [0.2, 0.25) is 0 Å². The monoisotopic (exact) mass is 327 g/mol. The van der Waals surface area contributed by atoms with Crippen LogP contribution in [0.5, 0.6) is 0 Å². The van der Waals surface area contributed by atoms with Crippen LogP contribution in [-0.2, 0) is 6.42 Å². The SMILES string of the molecule is Br.CCCCCCCCCc1ccccc1N(C)C. The van der Waals surface area contributed by atoms with Crippen LogP contribution in [-0.4, -0.2) is 14.1 Å². The van der Waals surface area contributed by atoms with Gasteiger partial charge in [0, 0.05) is 19.8 Å². The maximum absolute atomic E-state index is 2.28. The normalized spacial score (nSPS) is 10.1. The van der Waals surface area contributed by atoms with E-state index >= 15 is 0 Å². The predicted molar refractivity (Wildman–Crippen MR) is 92.8 cm³/mol. The van der Waals surface area contributed by atoms with E-state index in [1.165, 1.54) is 62.6 Å². The molecule has 0 aliphatic carbocycles. The average molecular weight is 328 g/mol. The summed E-state index contributed by atoms with van der Waals surface area (Å²) in [4.78, 5) is 2.22. The second-order valence-corrected chi connectivity index (χ2v) is 5.39. The summed E-state index contributed by atoms with van der Waals surface area (Å²) in [5.74, 6) is 0. The Morgan fingerprint density at radius 2 is 1.42 bits per heavy atom.